The number of para-hydroxylation sites is 1. The fourth-order valence-electron chi connectivity index (χ4n) is 4.83. The number of rotatable bonds is 9. The largest absolute Gasteiger partial charge is 0.496 e. The van der Waals surface area contributed by atoms with Crippen LogP contribution in [0.25, 0.3) is 20.9 Å². The third-order valence-electron chi connectivity index (χ3n) is 7.18. The summed E-state index contributed by atoms with van der Waals surface area (Å²) in [5.41, 5.74) is 6.15. The van der Waals surface area contributed by atoms with Crippen LogP contribution in [0.1, 0.15) is 49.6 Å². The second kappa shape index (κ2) is 10.9. The zero-order chi connectivity index (χ0) is 27.7. The van der Waals surface area contributed by atoms with E-state index in [0.717, 1.165) is 23.3 Å². The highest BCUT2D eigenvalue weighted by atomic mass is 32.1. The van der Waals surface area contributed by atoms with Gasteiger partial charge in [0, 0.05) is 25.2 Å². The molecule has 4 aromatic rings. The molecule has 1 atom stereocenters. The summed E-state index contributed by atoms with van der Waals surface area (Å²) < 4.78 is 25.4. The zero-order valence-corrected chi connectivity index (χ0v) is 23.2. The molecular weight excluding hydrogens is 520 g/mol. The van der Waals surface area contributed by atoms with Gasteiger partial charge >= 0.3 is 0 Å². The number of benzene rings is 1. The highest BCUT2D eigenvalue weighted by molar-refractivity contribution is 7.22. The second-order valence-corrected chi connectivity index (χ2v) is 11.1. The maximum atomic E-state index is 13.8. The van der Waals surface area contributed by atoms with Crippen molar-refractivity contribution in [1.82, 2.24) is 14.8 Å². The van der Waals surface area contributed by atoms with Crippen molar-refractivity contribution in [3.05, 3.63) is 63.9 Å². The number of carbonyl (C=O) groups excluding carboxylic acids is 1. The van der Waals surface area contributed by atoms with Crippen LogP contribution in [0, 0.1) is 6.92 Å². The van der Waals surface area contributed by atoms with Gasteiger partial charge in [0.15, 0.2) is 0 Å². The first kappa shape index (κ1) is 27.0. The van der Waals surface area contributed by atoms with Crippen LogP contribution in [0.5, 0.6) is 5.75 Å². The van der Waals surface area contributed by atoms with E-state index in [4.69, 9.17) is 29.5 Å². The highest BCUT2D eigenvalue weighted by Gasteiger charge is 2.34. The number of carbonyl (C=O) groups is 1. The summed E-state index contributed by atoms with van der Waals surface area (Å²) in [5.74, 6) is 0.446. The molecule has 1 aliphatic heterocycles. The van der Waals surface area contributed by atoms with Gasteiger partial charge in [-0.3, -0.25) is 9.59 Å². The molecule has 0 unspecified atom stereocenters. The first-order valence-corrected chi connectivity index (χ1v) is 13.7. The van der Waals surface area contributed by atoms with E-state index in [2.05, 4.69) is 4.98 Å². The van der Waals surface area contributed by atoms with Gasteiger partial charge in [0.05, 0.1) is 46.2 Å². The molecule has 1 aromatic carbocycles. The van der Waals surface area contributed by atoms with Crippen LogP contribution in [0.4, 0.5) is 0 Å². The third-order valence-corrected chi connectivity index (χ3v) is 8.51. The summed E-state index contributed by atoms with van der Waals surface area (Å²) in [6.07, 6.45) is 4.48. The molecule has 1 aliphatic rings. The number of aryl methyl sites for hydroxylation is 1. The lowest BCUT2D eigenvalue weighted by Crippen LogP contribution is -2.48. The molecule has 0 spiro atoms. The molecule has 4 heterocycles. The van der Waals surface area contributed by atoms with Gasteiger partial charge in [0.25, 0.3) is 5.56 Å². The monoisotopic (exact) mass is 552 g/mol. The van der Waals surface area contributed by atoms with E-state index < -0.39 is 23.1 Å². The van der Waals surface area contributed by atoms with E-state index in [-0.39, 0.29) is 6.10 Å². The van der Waals surface area contributed by atoms with Crippen LogP contribution in [0.15, 0.2) is 45.9 Å². The molecule has 1 fully saturated rings. The molecule has 1 saturated heterocycles. The Hall–Kier alpha value is -3.54. The molecule has 10 nitrogen and oxygen atoms in total. The van der Waals surface area contributed by atoms with E-state index in [1.165, 1.54) is 22.3 Å². The van der Waals surface area contributed by atoms with Crippen molar-refractivity contribution >= 4 is 27.3 Å². The molecular formula is C28H32N4O6S. The fourth-order valence-corrected chi connectivity index (χ4v) is 6.06. The minimum absolute atomic E-state index is 0.00919. The van der Waals surface area contributed by atoms with Crippen LogP contribution in [0.3, 0.4) is 0 Å². The van der Waals surface area contributed by atoms with Crippen LogP contribution in [-0.4, -0.2) is 47.1 Å². The maximum absolute atomic E-state index is 13.8. The quantitative estimate of drug-likeness (QED) is 0.328. The SMILES string of the molecule is COc1ccccc1[C@H](Cc1nn(C(C)(C)C(N)=O)c(=O)c2c(C)c(-c3ncco3)sc12)OC1CCOCC1. The molecule has 39 heavy (non-hydrogen) atoms. The molecule has 11 heteroatoms. The number of nitrogens with two attached hydrogens (primary N) is 1. The van der Waals surface area contributed by atoms with Gasteiger partial charge in [-0.05, 0) is 45.2 Å². The normalized spacial score (nSPS) is 15.5. The molecule has 2 N–H and O–H groups in total. The van der Waals surface area contributed by atoms with Crippen LogP contribution in [-0.2, 0) is 26.2 Å². The van der Waals surface area contributed by atoms with Gasteiger partial charge < -0.3 is 24.4 Å². The number of hydrogen-bond acceptors (Lipinski definition) is 9. The maximum Gasteiger partial charge on any atom is 0.276 e. The Morgan fingerprint density at radius 1 is 1.28 bits per heavy atom. The number of aromatic nitrogens is 3. The Bertz CT molecular complexity index is 1540. The Kier molecular flexibility index (Phi) is 7.57. The summed E-state index contributed by atoms with van der Waals surface area (Å²) in [5, 5.41) is 5.22. The summed E-state index contributed by atoms with van der Waals surface area (Å²) >= 11 is 1.39. The van der Waals surface area contributed by atoms with Crippen molar-refractivity contribution in [2.75, 3.05) is 20.3 Å². The molecule has 0 saturated carbocycles. The standard InChI is InChI=1S/C28H32N4O6S/c1-16-22-24(39-23(16)25-30-11-14-37-25)19(31-32(26(22)33)28(2,3)27(29)34)15-21(38-17-9-12-36-13-10-17)18-7-5-6-8-20(18)35-4/h5-8,11,14,17,21H,9-10,12-13,15H2,1-4H3,(H2,29,34)/t21-/m0/s1. The van der Waals surface area contributed by atoms with E-state index in [9.17, 15) is 9.59 Å². The second-order valence-electron chi connectivity index (χ2n) is 10.1. The topological polar surface area (TPSA) is 132 Å². The lowest BCUT2D eigenvalue weighted by atomic mass is 10.0. The number of thiophene rings is 1. The van der Waals surface area contributed by atoms with Gasteiger partial charge in [-0.2, -0.15) is 5.10 Å². The summed E-state index contributed by atoms with van der Waals surface area (Å²) in [7, 11) is 1.63. The lowest BCUT2D eigenvalue weighted by Gasteiger charge is -2.29. The van der Waals surface area contributed by atoms with Gasteiger partial charge in [-0.1, -0.05) is 18.2 Å². The van der Waals surface area contributed by atoms with E-state index in [1.807, 2.05) is 31.2 Å². The van der Waals surface area contributed by atoms with Gasteiger partial charge in [-0.25, -0.2) is 9.67 Å². The number of primary amides is 1. The fraction of sp³-hybridized carbons (Fsp3) is 0.429. The van der Waals surface area contributed by atoms with E-state index in [0.29, 0.717) is 52.6 Å². The Balaban J connectivity index is 1.70. The van der Waals surface area contributed by atoms with Crippen molar-refractivity contribution in [3.8, 4) is 16.5 Å². The van der Waals surface area contributed by atoms with Crippen molar-refractivity contribution in [2.45, 2.75) is 57.8 Å². The predicted molar refractivity (Wildman–Crippen MR) is 147 cm³/mol. The molecule has 1 amide bonds. The predicted octanol–water partition coefficient (Wildman–Crippen LogP) is 4.13. The minimum Gasteiger partial charge on any atom is -0.496 e. The zero-order valence-electron chi connectivity index (χ0n) is 22.4. The average Bonchev–Trinajstić information content (AvgIpc) is 3.58. The number of amides is 1. The summed E-state index contributed by atoms with van der Waals surface area (Å²) in [6, 6.07) is 7.71. The van der Waals surface area contributed by atoms with Crippen molar-refractivity contribution in [2.24, 2.45) is 5.73 Å². The summed E-state index contributed by atoms with van der Waals surface area (Å²) in [4.78, 5) is 31.2. The molecule has 206 valence electrons. The van der Waals surface area contributed by atoms with Gasteiger partial charge in [0.2, 0.25) is 11.8 Å². The van der Waals surface area contributed by atoms with Crippen molar-refractivity contribution in [1.29, 1.82) is 0 Å². The van der Waals surface area contributed by atoms with Crippen molar-refractivity contribution < 1.29 is 23.4 Å². The van der Waals surface area contributed by atoms with Crippen LogP contribution in [0.2, 0.25) is 0 Å². The van der Waals surface area contributed by atoms with Gasteiger partial charge in [0.1, 0.15) is 17.6 Å². The van der Waals surface area contributed by atoms with Crippen LogP contribution < -0.4 is 16.0 Å². The number of ether oxygens (including phenoxy) is 3. The summed E-state index contributed by atoms with van der Waals surface area (Å²) in [6.45, 7) is 6.29. The minimum atomic E-state index is -1.36. The molecule has 0 radical (unpaired) electrons. The lowest BCUT2D eigenvalue weighted by molar-refractivity contribution is -0.125. The Morgan fingerprint density at radius 2 is 2.03 bits per heavy atom. The smallest absolute Gasteiger partial charge is 0.276 e. The van der Waals surface area contributed by atoms with Crippen LogP contribution >= 0.6 is 11.3 Å². The number of methoxy groups -OCH3 is 1. The molecule has 5 rings (SSSR count). The molecule has 0 bridgehead atoms. The number of fused-ring (bicyclic) bond motifs is 1. The number of oxazole rings is 1. The highest BCUT2D eigenvalue weighted by Crippen LogP contribution is 2.40. The average molecular weight is 553 g/mol. The molecule has 0 aliphatic carbocycles. The van der Waals surface area contributed by atoms with Gasteiger partial charge in [-0.15, -0.1) is 11.3 Å². The van der Waals surface area contributed by atoms with Crippen molar-refractivity contribution in [3.63, 3.8) is 0 Å². The van der Waals surface area contributed by atoms with E-state index in [1.54, 1.807) is 27.2 Å². The Labute approximate surface area is 229 Å². The first-order valence-electron chi connectivity index (χ1n) is 12.8. The third kappa shape index (κ3) is 5.09. The van der Waals surface area contributed by atoms with E-state index >= 15 is 0 Å². The Morgan fingerprint density at radius 3 is 2.69 bits per heavy atom. The molecule has 3 aromatic heterocycles. The first-order chi connectivity index (χ1) is 18.7. The number of nitrogens with zero attached hydrogens (tertiary/aromatic N) is 3. The number of hydrogen-bond donors (Lipinski definition) is 1.